The van der Waals surface area contributed by atoms with Crippen LogP contribution in [0.2, 0.25) is 0 Å². The molecule has 0 spiro atoms. The van der Waals surface area contributed by atoms with E-state index >= 15 is 0 Å². The molecule has 0 aromatic heterocycles. The number of hydrogen-bond donors (Lipinski definition) is 1. The first-order chi connectivity index (χ1) is 10.4. The molecule has 0 radical (unpaired) electrons. The van der Waals surface area contributed by atoms with Crippen LogP contribution in [-0.4, -0.2) is 31.9 Å². The minimum atomic E-state index is -3.05. The van der Waals surface area contributed by atoms with Crippen molar-refractivity contribution in [2.24, 2.45) is 0 Å². The van der Waals surface area contributed by atoms with Crippen molar-refractivity contribution in [3.05, 3.63) is 35.6 Å². The molecule has 1 aliphatic carbocycles. The Balaban J connectivity index is 1.85. The van der Waals surface area contributed by atoms with Crippen LogP contribution in [0, 0.1) is 5.82 Å². The van der Waals surface area contributed by atoms with Crippen LogP contribution in [-0.2, 0) is 20.0 Å². The van der Waals surface area contributed by atoms with Crippen LogP contribution < -0.4 is 5.32 Å². The zero-order chi connectivity index (χ0) is 15.8. The van der Waals surface area contributed by atoms with Crippen LogP contribution in [0.3, 0.4) is 0 Å². The summed E-state index contributed by atoms with van der Waals surface area (Å²) in [7, 11) is -3.05. The summed E-state index contributed by atoms with van der Waals surface area (Å²) >= 11 is 0. The van der Waals surface area contributed by atoms with Gasteiger partial charge in [-0.15, -0.1) is 0 Å². The molecule has 0 bridgehead atoms. The Hall–Kier alpha value is -1.43. The van der Waals surface area contributed by atoms with Gasteiger partial charge >= 0.3 is 0 Å². The Kier molecular flexibility index (Phi) is 3.97. The van der Waals surface area contributed by atoms with Crippen LogP contribution in [0.15, 0.2) is 24.3 Å². The van der Waals surface area contributed by atoms with E-state index in [0.29, 0.717) is 24.8 Å². The third-order valence-electron chi connectivity index (χ3n) is 4.85. The normalized spacial score (nSPS) is 26.0. The summed E-state index contributed by atoms with van der Waals surface area (Å²) in [5.41, 5.74) is -0.414. The lowest BCUT2D eigenvalue weighted by Crippen LogP contribution is -2.47. The highest BCUT2D eigenvalue weighted by molar-refractivity contribution is 7.91. The first-order valence-electron chi connectivity index (χ1n) is 7.69. The SMILES string of the molecule is O=C(NC1CCS(=O)(=O)C1)C1(c2ccccc2F)CCCC1. The third kappa shape index (κ3) is 2.76. The number of nitrogens with one attached hydrogen (secondary N) is 1. The minimum Gasteiger partial charge on any atom is -0.352 e. The Morgan fingerprint density at radius 3 is 2.50 bits per heavy atom. The molecule has 22 heavy (non-hydrogen) atoms. The van der Waals surface area contributed by atoms with Gasteiger partial charge in [-0.1, -0.05) is 31.0 Å². The van der Waals surface area contributed by atoms with E-state index in [0.717, 1.165) is 12.8 Å². The maximum absolute atomic E-state index is 14.2. The van der Waals surface area contributed by atoms with Gasteiger partial charge in [0.2, 0.25) is 5.91 Å². The van der Waals surface area contributed by atoms with Gasteiger partial charge in [0.1, 0.15) is 5.82 Å². The lowest BCUT2D eigenvalue weighted by Gasteiger charge is -2.30. The molecule has 1 heterocycles. The van der Waals surface area contributed by atoms with E-state index in [1.807, 2.05) is 0 Å². The van der Waals surface area contributed by atoms with Gasteiger partial charge in [-0.25, -0.2) is 12.8 Å². The van der Waals surface area contributed by atoms with Crippen molar-refractivity contribution < 1.29 is 17.6 Å². The molecule has 1 saturated heterocycles. The molecule has 4 nitrogen and oxygen atoms in total. The predicted molar refractivity (Wildman–Crippen MR) is 81.7 cm³/mol. The fourth-order valence-electron chi connectivity index (χ4n) is 3.68. The van der Waals surface area contributed by atoms with Crippen molar-refractivity contribution in [1.29, 1.82) is 0 Å². The Morgan fingerprint density at radius 2 is 1.91 bits per heavy atom. The molecule has 6 heteroatoms. The number of carbonyl (C=O) groups is 1. The molecule has 120 valence electrons. The van der Waals surface area contributed by atoms with Crippen molar-refractivity contribution in [2.75, 3.05) is 11.5 Å². The maximum atomic E-state index is 14.2. The first kappa shape index (κ1) is 15.5. The van der Waals surface area contributed by atoms with E-state index in [1.165, 1.54) is 6.07 Å². The highest BCUT2D eigenvalue weighted by atomic mass is 32.2. The van der Waals surface area contributed by atoms with Gasteiger partial charge in [0.15, 0.2) is 9.84 Å². The average molecular weight is 325 g/mol. The quantitative estimate of drug-likeness (QED) is 0.924. The van der Waals surface area contributed by atoms with E-state index in [9.17, 15) is 17.6 Å². The summed E-state index contributed by atoms with van der Waals surface area (Å²) in [4.78, 5) is 12.8. The summed E-state index contributed by atoms with van der Waals surface area (Å²) in [5.74, 6) is -0.479. The molecular formula is C16H20FNO3S. The van der Waals surface area contributed by atoms with Crippen LogP contribution >= 0.6 is 0 Å². The first-order valence-corrected chi connectivity index (χ1v) is 9.51. The summed E-state index contributed by atoms with van der Waals surface area (Å²) in [6.45, 7) is 0. The number of hydrogen-bond acceptors (Lipinski definition) is 3. The molecule has 3 rings (SSSR count). The third-order valence-corrected chi connectivity index (χ3v) is 6.62. The molecule has 2 aliphatic rings. The fraction of sp³-hybridized carbons (Fsp3) is 0.562. The molecule has 1 N–H and O–H groups in total. The lowest BCUT2D eigenvalue weighted by molar-refractivity contribution is -0.127. The largest absolute Gasteiger partial charge is 0.352 e. The van der Waals surface area contributed by atoms with Crippen molar-refractivity contribution in [3.63, 3.8) is 0 Å². The number of carbonyl (C=O) groups excluding carboxylic acids is 1. The van der Waals surface area contributed by atoms with Gasteiger partial charge < -0.3 is 5.32 Å². The molecule has 1 saturated carbocycles. The van der Waals surface area contributed by atoms with E-state index in [4.69, 9.17) is 0 Å². The van der Waals surface area contributed by atoms with Gasteiger partial charge in [0, 0.05) is 11.6 Å². The number of rotatable bonds is 3. The maximum Gasteiger partial charge on any atom is 0.231 e. The number of amides is 1. The van der Waals surface area contributed by atoms with E-state index in [1.54, 1.807) is 18.2 Å². The van der Waals surface area contributed by atoms with Gasteiger partial charge in [0.25, 0.3) is 0 Å². The Bertz CT molecular complexity index is 680. The zero-order valence-corrected chi connectivity index (χ0v) is 13.2. The molecule has 1 aromatic carbocycles. The number of benzene rings is 1. The van der Waals surface area contributed by atoms with Gasteiger partial charge in [0.05, 0.1) is 16.9 Å². The van der Waals surface area contributed by atoms with Crippen molar-refractivity contribution in [2.45, 2.75) is 43.6 Å². The molecule has 1 atom stereocenters. The average Bonchev–Trinajstić information content (AvgIpc) is 3.07. The second-order valence-corrected chi connectivity index (χ2v) is 8.57. The number of halogens is 1. The molecule has 1 unspecified atom stereocenters. The molecular weight excluding hydrogens is 305 g/mol. The van der Waals surface area contributed by atoms with E-state index < -0.39 is 15.3 Å². The van der Waals surface area contributed by atoms with Crippen LogP contribution in [0.1, 0.15) is 37.7 Å². The van der Waals surface area contributed by atoms with Crippen molar-refractivity contribution in [3.8, 4) is 0 Å². The molecule has 2 fully saturated rings. The number of sulfone groups is 1. The summed E-state index contributed by atoms with van der Waals surface area (Å²) in [6, 6.07) is 6.06. The van der Waals surface area contributed by atoms with E-state index in [-0.39, 0.29) is 29.3 Å². The molecule has 1 aromatic rings. The lowest BCUT2D eigenvalue weighted by atomic mass is 9.77. The van der Waals surface area contributed by atoms with Gasteiger partial charge in [-0.2, -0.15) is 0 Å². The smallest absolute Gasteiger partial charge is 0.231 e. The summed E-state index contributed by atoms with van der Waals surface area (Å²) < 4.78 is 37.3. The van der Waals surface area contributed by atoms with E-state index in [2.05, 4.69) is 5.32 Å². The topological polar surface area (TPSA) is 63.2 Å². The molecule has 1 amide bonds. The van der Waals surface area contributed by atoms with Gasteiger partial charge in [-0.3, -0.25) is 4.79 Å². The second kappa shape index (κ2) is 5.65. The highest BCUT2D eigenvalue weighted by Crippen LogP contribution is 2.42. The summed E-state index contributed by atoms with van der Waals surface area (Å²) in [6.07, 6.45) is 3.43. The monoisotopic (exact) mass is 325 g/mol. The molecule has 1 aliphatic heterocycles. The second-order valence-electron chi connectivity index (χ2n) is 6.34. The Labute approximate surface area is 130 Å². The van der Waals surface area contributed by atoms with Gasteiger partial charge in [-0.05, 0) is 25.3 Å². The zero-order valence-electron chi connectivity index (χ0n) is 12.3. The standard InChI is InChI=1S/C16H20FNO3S/c17-14-6-2-1-5-13(14)16(8-3-4-9-16)15(19)18-12-7-10-22(20,21)11-12/h1-2,5-6,12H,3-4,7-11H2,(H,18,19). The van der Waals surface area contributed by atoms with Crippen molar-refractivity contribution >= 4 is 15.7 Å². The van der Waals surface area contributed by atoms with Crippen LogP contribution in [0.5, 0.6) is 0 Å². The minimum absolute atomic E-state index is 0.00785. The van der Waals surface area contributed by atoms with Crippen LogP contribution in [0.25, 0.3) is 0 Å². The Morgan fingerprint density at radius 1 is 1.23 bits per heavy atom. The fourth-order valence-corrected chi connectivity index (χ4v) is 5.35. The predicted octanol–water partition coefficient (Wildman–Crippen LogP) is 1.94. The van der Waals surface area contributed by atoms with Crippen molar-refractivity contribution in [1.82, 2.24) is 5.32 Å². The van der Waals surface area contributed by atoms with Crippen LogP contribution in [0.4, 0.5) is 4.39 Å². The summed E-state index contributed by atoms with van der Waals surface area (Å²) in [5, 5.41) is 2.86. The highest BCUT2D eigenvalue weighted by Gasteiger charge is 2.45.